The smallest absolute Gasteiger partial charge is 0.160 e. The number of Topliss-reactive ketones (excluding diaryl/α,β-unsaturated/α-hetero) is 1. The highest BCUT2D eigenvalue weighted by Gasteiger charge is 2.48. The first kappa shape index (κ1) is 19.8. The molecule has 158 valence electrons. The number of fused-ring (bicyclic) bond motifs is 1. The highest BCUT2D eigenvalue weighted by Crippen LogP contribution is 2.42. The Morgan fingerprint density at radius 1 is 1.00 bits per heavy atom. The Morgan fingerprint density at radius 2 is 1.77 bits per heavy atom. The fourth-order valence-electron chi connectivity index (χ4n) is 4.61. The largest absolute Gasteiger partial charge is 0.508 e. The zero-order chi connectivity index (χ0) is 21.3. The highest BCUT2D eigenvalue weighted by molar-refractivity contribution is 5.94. The summed E-state index contributed by atoms with van der Waals surface area (Å²) in [5.41, 5.74) is 3.70. The summed E-state index contributed by atoms with van der Waals surface area (Å²) < 4.78 is 6.04. The minimum Gasteiger partial charge on any atom is -0.508 e. The average Bonchev–Trinajstić information content (AvgIpc) is 3.65. The average molecular weight is 414 g/mol. The van der Waals surface area contributed by atoms with E-state index in [-0.39, 0.29) is 11.7 Å². The van der Waals surface area contributed by atoms with E-state index < -0.39 is 5.54 Å². The lowest BCUT2D eigenvalue weighted by Crippen LogP contribution is -2.55. The summed E-state index contributed by atoms with van der Waals surface area (Å²) in [6, 6.07) is 23.5. The summed E-state index contributed by atoms with van der Waals surface area (Å²) in [4.78, 5) is 13.6. The van der Waals surface area contributed by atoms with Gasteiger partial charge in [0.1, 0.15) is 23.6 Å². The summed E-state index contributed by atoms with van der Waals surface area (Å²) in [7, 11) is 0. The van der Waals surface area contributed by atoms with Crippen LogP contribution in [0.1, 0.15) is 35.1 Å². The maximum atomic E-state index is 13.6. The van der Waals surface area contributed by atoms with Crippen molar-refractivity contribution >= 4 is 5.78 Å². The molecule has 4 nitrogen and oxygen atoms in total. The van der Waals surface area contributed by atoms with E-state index in [1.165, 1.54) is 5.56 Å². The van der Waals surface area contributed by atoms with Gasteiger partial charge in [0, 0.05) is 18.9 Å². The van der Waals surface area contributed by atoms with Gasteiger partial charge in [-0.05, 0) is 65.8 Å². The molecule has 2 N–H and O–H groups in total. The van der Waals surface area contributed by atoms with Gasteiger partial charge in [-0.25, -0.2) is 0 Å². The molecule has 3 aromatic rings. The zero-order valence-corrected chi connectivity index (χ0v) is 17.5. The minimum absolute atomic E-state index is 0.143. The van der Waals surface area contributed by atoms with Gasteiger partial charge in [0.2, 0.25) is 0 Å². The molecule has 31 heavy (non-hydrogen) atoms. The number of rotatable bonds is 7. The van der Waals surface area contributed by atoms with Crippen molar-refractivity contribution in [3.8, 4) is 11.5 Å². The van der Waals surface area contributed by atoms with Crippen LogP contribution < -0.4 is 10.1 Å². The molecule has 1 heterocycles. The normalized spacial score (nSPS) is 20.1. The van der Waals surface area contributed by atoms with E-state index in [1.807, 2.05) is 36.4 Å². The number of carbonyl (C=O) groups excluding carboxylic acids is 1. The molecule has 1 atom stereocenters. The molecule has 4 heteroatoms. The van der Waals surface area contributed by atoms with Gasteiger partial charge in [-0.1, -0.05) is 48.5 Å². The van der Waals surface area contributed by atoms with Gasteiger partial charge in [0.15, 0.2) is 5.78 Å². The summed E-state index contributed by atoms with van der Waals surface area (Å²) in [6.07, 6.45) is 3.41. The topological polar surface area (TPSA) is 58.6 Å². The number of hydrogen-bond donors (Lipinski definition) is 2. The molecule has 0 radical (unpaired) electrons. The van der Waals surface area contributed by atoms with Crippen molar-refractivity contribution in [3.63, 3.8) is 0 Å². The van der Waals surface area contributed by atoms with Crippen LogP contribution in [-0.4, -0.2) is 17.4 Å². The fraction of sp³-hybridized carbons (Fsp3) is 0.296. The first-order valence-corrected chi connectivity index (χ1v) is 11.0. The van der Waals surface area contributed by atoms with Crippen molar-refractivity contribution in [2.24, 2.45) is 5.92 Å². The lowest BCUT2D eigenvalue weighted by molar-refractivity contribution is -0.127. The van der Waals surface area contributed by atoms with Crippen LogP contribution in [0.5, 0.6) is 11.5 Å². The third kappa shape index (κ3) is 4.08. The summed E-state index contributed by atoms with van der Waals surface area (Å²) in [5.74, 6) is 1.51. The molecule has 1 unspecified atom stereocenters. The zero-order valence-electron chi connectivity index (χ0n) is 17.5. The van der Waals surface area contributed by atoms with Crippen LogP contribution in [0.3, 0.4) is 0 Å². The number of ether oxygens (including phenoxy) is 1. The summed E-state index contributed by atoms with van der Waals surface area (Å²) >= 11 is 0. The van der Waals surface area contributed by atoms with Crippen LogP contribution in [0, 0.1) is 5.92 Å². The van der Waals surface area contributed by atoms with Crippen LogP contribution in [0.15, 0.2) is 72.8 Å². The molecule has 1 aliphatic carbocycles. The Balaban J connectivity index is 1.46. The lowest BCUT2D eigenvalue weighted by Gasteiger charge is -2.39. The van der Waals surface area contributed by atoms with Gasteiger partial charge >= 0.3 is 0 Å². The molecule has 0 bridgehead atoms. The Bertz CT molecular complexity index is 1070. The molecule has 0 saturated heterocycles. The number of phenolic OH excluding ortho intramolecular Hbond substituents is 1. The van der Waals surface area contributed by atoms with E-state index in [2.05, 4.69) is 29.6 Å². The van der Waals surface area contributed by atoms with Crippen molar-refractivity contribution in [2.75, 3.05) is 6.54 Å². The predicted molar refractivity (Wildman–Crippen MR) is 120 cm³/mol. The second kappa shape index (κ2) is 8.20. The Hall–Kier alpha value is -3.11. The van der Waals surface area contributed by atoms with E-state index in [1.54, 1.807) is 12.1 Å². The van der Waals surface area contributed by atoms with Gasteiger partial charge in [0.25, 0.3) is 0 Å². The molecular weight excluding hydrogens is 386 g/mol. The number of aromatic hydroxyl groups is 1. The standard InChI is InChI=1S/C27H27NO3/c29-23-10-6-19(7-11-23)17-27(26(30)21-8-9-21)25-13-12-24(16-22(25)14-15-28-27)31-18-20-4-2-1-3-5-20/h1-7,10-13,16,21,28-29H,8-9,14-15,17-18H2. The number of phenols is 1. The third-order valence-electron chi connectivity index (χ3n) is 6.38. The Morgan fingerprint density at radius 3 is 2.52 bits per heavy atom. The molecule has 2 aliphatic rings. The van der Waals surface area contributed by atoms with Gasteiger partial charge in [-0.3, -0.25) is 4.79 Å². The number of nitrogens with one attached hydrogen (secondary N) is 1. The number of hydrogen-bond acceptors (Lipinski definition) is 4. The quantitative estimate of drug-likeness (QED) is 0.597. The van der Waals surface area contributed by atoms with Gasteiger partial charge < -0.3 is 15.2 Å². The van der Waals surface area contributed by atoms with Gasteiger partial charge in [-0.2, -0.15) is 0 Å². The molecule has 5 rings (SSSR count). The fourth-order valence-corrected chi connectivity index (χ4v) is 4.61. The first-order chi connectivity index (χ1) is 15.1. The predicted octanol–water partition coefficient (Wildman–Crippen LogP) is 4.53. The van der Waals surface area contributed by atoms with Crippen molar-refractivity contribution in [1.82, 2.24) is 5.32 Å². The van der Waals surface area contributed by atoms with Crippen molar-refractivity contribution < 1.29 is 14.6 Å². The maximum absolute atomic E-state index is 13.6. The van der Waals surface area contributed by atoms with E-state index >= 15 is 0 Å². The van der Waals surface area contributed by atoms with Crippen molar-refractivity contribution in [3.05, 3.63) is 95.1 Å². The van der Waals surface area contributed by atoms with E-state index in [0.29, 0.717) is 18.8 Å². The molecule has 3 aromatic carbocycles. The molecule has 0 amide bonds. The van der Waals surface area contributed by atoms with Crippen LogP contribution in [0.2, 0.25) is 0 Å². The Kier molecular flexibility index (Phi) is 5.24. The van der Waals surface area contributed by atoms with E-state index in [9.17, 15) is 9.90 Å². The Labute approximate surface area is 182 Å². The number of benzene rings is 3. The maximum Gasteiger partial charge on any atom is 0.160 e. The second-order valence-electron chi connectivity index (χ2n) is 8.66. The molecule has 1 fully saturated rings. The molecule has 1 saturated carbocycles. The van der Waals surface area contributed by atoms with Crippen molar-refractivity contribution in [2.45, 2.75) is 37.8 Å². The number of carbonyl (C=O) groups is 1. The van der Waals surface area contributed by atoms with Gasteiger partial charge in [-0.15, -0.1) is 0 Å². The van der Waals surface area contributed by atoms with Crippen molar-refractivity contribution in [1.29, 1.82) is 0 Å². The second-order valence-corrected chi connectivity index (χ2v) is 8.66. The van der Waals surface area contributed by atoms with Crippen LogP contribution in [-0.2, 0) is 29.8 Å². The highest BCUT2D eigenvalue weighted by atomic mass is 16.5. The summed E-state index contributed by atoms with van der Waals surface area (Å²) in [5, 5.41) is 13.3. The first-order valence-electron chi connectivity index (χ1n) is 11.0. The summed E-state index contributed by atoms with van der Waals surface area (Å²) in [6.45, 7) is 1.28. The lowest BCUT2D eigenvalue weighted by atomic mass is 9.74. The van der Waals surface area contributed by atoms with Gasteiger partial charge in [0.05, 0.1) is 0 Å². The molecule has 0 spiro atoms. The van der Waals surface area contributed by atoms with Crippen LogP contribution in [0.25, 0.3) is 0 Å². The van der Waals surface area contributed by atoms with E-state index in [4.69, 9.17) is 4.74 Å². The van der Waals surface area contributed by atoms with Crippen LogP contribution in [0.4, 0.5) is 0 Å². The molecule has 0 aromatic heterocycles. The molecular formula is C27H27NO3. The minimum atomic E-state index is -0.719. The SMILES string of the molecule is O=C(C1CC1)C1(Cc2ccc(O)cc2)NCCc2cc(OCc3ccccc3)ccc21. The van der Waals surface area contributed by atoms with Crippen LogP contribution >= 0.6 is 0 Å². The third-order valence-corrected chi connectivity index (χ3v) is 6.38. The number of ketones is 1. The van der Waals surface area contributed by atoms with E-state index in [0.717, 1.165) is 48.2 Å². The monoisotopic (exact) mass is 413 g/mol. The molecule has 1 aliphatic heterocycles.